The molecule has 8 aromatic heterocycles. The zero-order valence-electron chi connectivity index (χ0n) is 85.9. The van der Waals surface area contributed by atoms with Crippen LogP contribution in [-0.2, 0) is 21.7 Å². The molecule has 26 aromatic rings. The van der Waals surface area contributed by atoms with E-state index in [9.17, 15) is 0 Å². The quantitative estimate of drug-likeness (QED) is 0.0761. The van der Waals surface area contributed by atoms with Gasteiger partial charge >= 0.3 is 0 Å². The van der Waals surface area contributed by atoms with Crippen LogP contribution in [0.5, 0.6) is 0 Å². The molecule has 0 N–H and O–H groups in total. The standard InChI is InChI=1S/C136H122N8/c1-81(2)85-31-47-93(48-32-85)137(94-49-33-86(34-50-94)82(3)4)101-63-67-105-109-23-19-27-113-117-78-126-118(77-125(117)141(129(109)113)121(105)73-101)114-28-20-24-110-106-68-64-102(74-122(106)142(126)130(110)114)138(95-51-35-87(36-52-95)83(5)6)96-53-37-88(38-54-96)84(7)71-72-136(17,18)92-45-61-100(62-46-92)140(99-59-43-91(44-60-99)135(14,15)16)104-66-70-108-112-26-22-30-116-120-79-127-119(80-128(120)144(132(112)116)124(108)76-104)115-29-21-25-111-107-69-65-103(75-123(107)143(127)131(111)115)139(97-55-39-89(40-56-97)133(8,9)10)98-57-41-90(42-58-98)134(11,12)13/h19-70,73-84H,71-72H2,1-18H3. The molecule has 0 saturated carbocycles. The van der Waals surface area contributed by atoms with Crippen LogP contribution in [0.2, 0.25) is 0 Å². The molecule has 144 heavy (non-hydrogen) atoms. The zero-order valence-corrected chi connectivity index (χ0v) is 85.9. The predicted molar refractivity (Wildman–Crippen MR) is 619 cm³/mol. The molecule has 0 radical (unpaired) electrons. The van der Waals surface area contributed by atoms with Crippen LogP contribution in [0.25, 0.3) is 152 Å². The number of aromatic nitrogens is 4. The average molecular weight is 1870 g/mol. The summed E-state index contributed by atoms with van der Waals surface area (Å²) in [5, 5.41) is 20.2. The highest BCUT2D eigenvalue weighted by Crippen LogP contribution is 2.53. The molecule has 8 heteroatoms. The van der Waals surface area contributed by atoms with E-state index in [1.165, 1.54) is 197 Å². The van der Waals surface area contributed by atoms with Gasteiger partial charge in [-0.2, -0.15) is 0 Å². The van der Waals surface area contributed by atoms with Crippen molar-refractivity contribution < 1.29 is 0 Å². The fraction of sp³-hybridized carbons (Fsp3) is 0.206. The number of para-hydroxylation sites is 4. The summed E-state index contributed by atoms with van der Waals surface area (Å²) in [4.78, 5) is 9.84. The molecule has 0 amide bonds. The first-order valence-electron chi connectivity index (χ1n) is 52.1. The maximum atomic E-state index is 2.58. The molecule has 0 aliphatic carbocycles. The van der Waals surface area contributed by atoms with Crippen molar-refractivity contribution in [3.63, 3.8) is 0 Å². The van der Waals surface area contributed by atoms with Gasteiger partial charge in [0.15, 0.2) is 0 Å². The van der Waals surface area contributed by atoms with E-state index < -0.39 is 0 Å². The van der Waals surface area contributed by atoms with Gasteiger partial charge in [0.05, 0.1) is 66.2 Å². The third-order valence-corrected chi connectivity index (χ3v) is 32.7. The Labute approximate surface area is 843 Å². The van der Waals surface area contributed by atoms with E-state index in [2.05, 4.69) is 526 Å². The van der Waals surface area contributed by atoms with Crippen LogP contribution < -0.4 is 19.6 Å². The van der Waals surface area contributed by atoms with Crippen LogP contribution in [0, 0.1) is 0 Å². The summed E-state index contributed by atoms with van der Waals surface area (Å²) < 4.78 is 10.3. The monoisotopic (exact) mass is 1870 g/mol. The highest BCUT2D eigenvalue weighted by atomic mass is 15.2. The minimum Gasteiger partial charge on any atom is -0.310 e. The molecule has 26 rings (SSSR count). The number of rotatable bonds is 20. The van der Waals surface area contributed by atoms with Gasteiger partial charge in [0.25, 0.3) is 0 Å². The smallest absolute Gasteiger partial charge is 0.0620 e. The molecule has 706 valence electrons. The van der Waals surface area contributed by atoms with Crippen molar-refractivity contribution in [2.75, 3.05) is 19.6 Å². The van der Waals surface area contributed by atoms with E-state index in [1.54, 1.807) is 0 Å². The van der Waals surface area contributed by atoms with Gasteiger partial charge in [0.1, 0.15) is 0 Å². The van der Waals surface area contributed by atoms with Crippen molar-refractivity contribution in [3.8, 4) is 0 Å². The lowest BCUT2D eigenvalue weighted by molar-refractivity contribution is 0.439. The summed E-state index contributed by atoms with van der Waals surface area (Å²) in [6, 6.07) is 141. The fourth-order valence-electron chi connectivity index (χ4n) is 24.5. The lowest BCUT2D eigenvalue weighted by Gasteiger charge is -2.30. The summed E-state index contributed by atoms with van der Waals surface area (Å²) in [7, 11) is 0. The predicted octanol–water partition coefficient (Wildman–Crippen LogP) is 39.3. The summed E-state index contributed by atoms with van der Waals surface area (Å²) in [5.74, 6) is 1.59. The van der Waals surface area contributed by atoms with E-state index in [4.69, 9.17) is 0 Å². The maximum absolute atomic E-state index is 2.58. The van der Waals surface area contributed by atoms with E-state index in [1.807, 2.05) is 0 Å². The first-order valence-corrected chi connectivity index (χ1v) is 52.1. The Hall–Kier alpha value is -15.6. The van der Waals surface area contributed by atoms with Crippen LogP contribution in [0.1, 0.15) is 206 Å². The van der Waals surface area contributed by atoms with Gasteiger partial charge in [-0.05, 0) is 273 Å². The van der Waals surface area contributed by atoms with Crippen LogP contribution in [-0.4, -0.2) is 17.6 Å². The van der Waals surface area contributed by atoms with E-state index in [0.717, 1.165) is 81.1 Å². The second-order valence-corrected chi connectivity index (χ2v) is 46.2. The molecule has 1 atom stereocenters. The van der Waals surface area contributed by atoms with Crippen LogP contribution in [0.15, 0.2) is 364 Å². The lowest BCUT2D eigenvalue weighted by atomic mass is 9.78. The lowest BCUT2D eigenvalue weighted by Crippen LogP contribution is -2.18. The van der Waals surface area contributed by atoms with Gasteiger partial charge in [0, 0.05) is 154 Å². The first kappa shape index (κ1) is 88.5. The second-order valence-electron chi connectivity index (χ2n) is 46.2. The molecule has 18 aromatic carbocycles. The van der Waals surface area contributed by atoms with Crippen molar-refractivity contribution in [2.45, 2.75) is 183 Å². The molecular weight excluding hydrogens is 1750 g/mol. The Bertz CT molecular complexity index is 9430. The average Bonchev–Trinajstić information content (AvgIpc) is 1.52. The molecule has 0 saturated heterocycles. The number of fused-ring (bicyclic) bond motifs is 24. The fourth-order valence-corrected chi connectivity index (χ4v) is 24.5. The van der Waals surface area contributed by atoms with Gasteiger partial charge in [-0.3, -0.25) is 0 Å². The number of nitrogens with zero attached hydrogens (tertiary/aromatic N) is 8. The number of hydrogen-bond acceptors (Lipinski definition) is 4. The van der Waals surface area contributed by atoms with E-state index >= 15 is 0 Å². The van der Waals surface area contributed by atoms with Crippen molar-refractivity contribution in [1.29, 1.82) is 0 Å². The molecule has 0 aliphatic heterocycles. The van der Waals surface area contributed by atoms with Gasteiger partial charge in [-0.15, -0.1) is 0 Å². The van der Waals surface area contributed by atoms with Crippen molar-refractivity contribution in [1.82, 2.24) is 17.6 Å². The van der Waals surface area contributed by atoms with Gasteiger partial charge in [-0.25, -0.2) is 0 Å². The van der Waals surface area contributed by atoms with Crippen LogP contribution in [0.3, 0.4) is 0 Å². The molecular formula is C136H122N8. The number of hydrogen-bond donors (Lipinski definition) is 0. The summed E-state index contributed by atoms with van der Waals surface area (Å²) in [6.07, 6.45) is 2.04. The minimum atomic E-state index is -0.121. The topological polar surface area (TPSA) is 30.6 Å². The third-order valence-electron chi connectivity index (χ3n) is 32.7. The van der Waals surface area contributed by atoms with E-state index in [-0.39, 0.29) is 21.7 Å². The molecule has 0 fully saturated rings. The molecule has 0 spiro atoms. The Morgan fingerprint density at radius 2 is 0.375 bits per heavy atom. The van der Waals surface area contributed by atoms with E-state index in [0.29, 0.717) is 23.7 Å². The Morgan fingerprint density at radius 1 is 0.188 bits per heavy atom. The summed E-state index contributed by atoms with van der Waals surface area (Å²) in [5.41, 5.74) is 38.8. The molecule has 8 heterocycles. The normalized spacial score (nSPS) is 13.1. The second kappa shape index (κ2) is 32.4. The zero-order chi connectivity index (χ0) is 98.5. The number of benzene rings is 18. The molecule has 1 unspecified atom stereocenters. The SMILES string of the molecule is CC(C)c1ccc(N(c2ccc(C(C)C)cc2)c2ccc3c4cccc5c6cc7c(cc6n(c3c2)c45)c2cccc3c4ccc(N(c5ccc(C(C)C)cc5)c5ccc(C(C)CCC(C)(C)c6ccc(N(c8ccc(C(C)(C)C)cc8)c8ccc9c%10cccc%11c%12cc%13c(cc%12n(c9c8)c%10%11)c8cccc9c%10ccc(N(c%11ccc(C(C)(C)C)cc%11)c%11ccc(C(C)(C)C)cc%11)cc%10n%13c98)cc6)cc5)cc4n7c32)cc1. The van der Waals surface area contributed by atoms with Gasteiger partial charge in [-0.1, -0.05) is 319 Å². The van der Waals surface area contributed by atoms with Crippen LogP contribution in [0.4, 0.5) is 68.2 Å². The third kappa shape index (κ3) is 13.9. The van der Waals surface area contributed by atoms with Crippen molar-refractivity contribution in [2.24, 2.45) is 0 Å². The van der Waals surface area contributed by atoms with Crippen molar-refractivity contribution >= 4 is 221 Å². The summed E-state index contributed by atoms with van der Waals surface area (Å²) in [6.45, 7) is 41.6. The Morgan fingerprint density at radius 3 is 0.590 bits per heavy atom. The van der Waals surface area contributed by atoms with Crippen molar-refractivity contribution in [3.05, 3.63) is 408 Å². The molecule has 0 aliphatic rings. The minimum absolute atomic E-state index is 0.00910. The Kier molecular flexibility index (Phi) is 19.9. The molecule has 0 bridgehead atoms. The first-order chi connectivity index (χ1) is 69.4. The number of anilines is 12. The van der Waals surface area contributed by atoms with Gasteiger partial charge < -0.3 is 37.2 Å². The van der Waals surface area contributed by atoms with Crippen LogP contribution >= 0.6 is 0 Å². The largest absolute Gasteiger partial charge is 0.310 e. The maximum Gasteiger partial charge on any atom is 0.0620 e. The highest BCUT2D eigenvalue weighted by molar-refractivity contribution is 6.32. The Balaban J connectivity index is 0.516. The molecule has 8 nitrogen and oxygen atoms in total. The van der Waals surface area contributed by atoms with Gasteiger partial charge in [0.2, 0.25) is 0 Å². The highest BCUT2D eigenvalue weighted by Gasteiger charge is 2.32. The summed E-state index contributed by atoms with van der Waals surface area (Å²) >= 11 is 0.